The molecule has 7 nitrogen and oxygen atoms in total. The van der Waals surface area contributed by atoms with Gasteiger partial charge >= 0.3 is 0 Å². The molecule has 2 N–H and O–H groups in total. The van der Waals surface area contributed by atoms with Crippen molar-refractivity contribution in [1.82, 2.24) is 15.1 Å². The second-order valence-corrected chi connectivity index (χ2v) is 7.71. The molecule has 4 rings (SSSR count). The number of likely N-dealkylation sites (N-methyl/N-ethyl adjacent to an activating group) is 1. The van der Waals surface area contributed by atoms with E-state index in [0.717, 1.165) is 18.5 Å². The van der Waals surface area contributed by atoms with Crippen molar-refractivity contribution in [1.29, 1.82) is 0 Å². The first kappa shape index (κ1) is 19.5. The number of hydrogen-bond donors (Lipinski definition) is 2. The molecule has 1 fully saturated rings. The lowest BCUT2D eigenvalue weighted by atomic mass is 10.0. The molecule has 154 valence electrons. The van der Waals surface area contributed by atoms with E-state index in [0.29, 0.717) is 30.7 Å². The van der Waals surface area contributed by atoms with E-state index in [1.807, 2.05) is 18.2 Å². The van der Waals surface area contributed by atoms with Crippen molar-refractivity contribution in [2.75, 3.05) is 6.54 Å². The molecule has 0 aromatic heterocycles. The first-order valence-corrected chi connectivity index (χ1v) is 10.1. The summed E-state index contributed by atoms with van der Waals surface area (Å²) < 4.78 is 6.22. The van der Waals surface area contributed by atoms with Crippen molar-refractivity contribution >= 4 is 11.8 Å². The molecule has 0 spiro atoms. The first-order valence-electron chi connectivity index (χ1n) is 10.1. The number of amides is 2. The van der Waals surface area contributed by atoms with E-state index in [4.69, 9.17) is 4.74 Å². The van der Waals surface area contributed by atoms with Crippen LogP contribution in [0.2, 0.25) is 0 Å². The van der Waals surface area contributed by atoms with E-state index in [2.05, 4.69) is 36.0 Å². The molecule has 3 unspecified atom stereocenters. The quantitative estimate of drug-likeness (QED) is 0.715. The number of rotatable bonds is 6. The van der Waals surface area contributed by atoms with Crippen LogP contribution in [-0.4, -0.2) is 57.7 Å². The molecule has 2 amide bonds. The van der Waals surface area contributed by atoms with Gasteiger partial charge in [-0.25, -0.2) is 0 Å². The van der Waals surface area contributed by atoms with Crippen molar-refractivity contribution in [2.24, 2.45) is 0 Å². The SMILES string of the molecule is C=CC(Oc1ccc2c(c1)CN(C1CCC(=O)NC1O)C2=O)[C@@H]1CC=CN1CC. The lowest BCUT2D eigenvalue weighted by molar-refractivity contribution is -0.129. The second-order valence-electron chi connectivity index (χ2n) is 7.71. The number of ether oxygens (including phenoxy) is 1. The molecule has 0 aliphatic carbocycles. The molecule has 1 saturated heterocycles. The molecule has 4 atom stereocenters. The number of carbonyl (C=O) groups excluding carboxylic acids is 2. The summed E-state index contributed by atoms with van der Waals surface area (Å²) in [6.45, 7) is 7.35. The average molecular weight is 397 g/mol. The summed E-state index contributed by atoms with van der Waals surface area (Å²) >= 11 is 0. The van der Waals surface area contributed by atoms with Gasteiger partial charge in [-0.3, -0.25) is 9.59 Å². The van der Waals surface area contributed by atoms with Gasteiger partial charge in [0.2, 0.25) is 5.91 Å². The summed E-state index contributed by atoms with van der Waals surface area (Å²) in [5, 5.41) is 12.7. The van der Waals surface area contributed by atoms with E-state index in [-0.39, 0.29) is 24.0 Å². The van der Waals surface area contributed by atoms with Crippen molar-refractivity contribution in [3.63, 3.8) is 0 Å². The minimum Gasteiger partial charge on any atom is -0.484 e. The number of carbonyl (C=O) groups is 2. The van der Waals surface area contributed by atoms with Crippen LogP contribution in [-0.2, 0) is 11.3 Å². The van der Waals surface area contributed by atoms with Crippen LogP contribution in [0.15, 0.2) is 43.1 Å². The predicted molar refractivity (Wildman–Crippen MR) is 108 cm³/mol. The molecule has 3 aliphatic rings. The maximum Gasteiger partial charge on any atom is 0.254 e. The largest absolute Gasteiger partial charge is 0.484 e. The fraction of sp³-hybridized carbons (Fsp3) is 0.455. The van der Waals surface area contributed by atoms with Crippen molar-refractivity contribution < 1.29 is 19.4 Å². The summed E-state index contributed by atoms with van der Waals surface area (Å²) in [5.74, 6) is 0.388. The maximum absolute atomic E-state index is 12.8. The van der Waals surface area contributed by atoms with E-state index in [9.17, 15) is 14.7 Å². The Hall–Kier alpha value is -2.80. The number of hydrogen-bond acceptors (Lipinski definition) is 5. The highest BCUT2D eigenvalue weighted by Crippen LogP contribution is 2.32. The zero-order chi connectivity index (χ0) is 20.5. The third-order valence-corrected chi connectivity index (χ3v) is 6.00. The van der Waals surface area contributed by atoms with Crippen LogP contribution in [0.1, 0.15) is 42.1 Å². The summed E-state index contributed by atoms with van der Waals surface area (Å²) in [6, 6.07) is 5.29. The van der Waals surface area contributed by atoms with Gasteiger partial charge in [-0.05, 0) is 55.8 Å². The zero-order valence-corrected chi connectivity index (χ0v) is 16.6. The number of nitrogens with one attached hydrogen (secondary N) is 1. The predicted octanol–water partition coefficient (Wildman–Crippen LogP) is 1.78. The fourth-order valence-electron chi connectivity index (χ4n) is 4.44. The number of piperidine rings is 1. The van der Waals surface area contributed by atoms with Crippen LogP contribution in [0, 0.1) is 0 Å². The van der Waals surface area contributed by atoms with E-state index in [1.54, 1.807) is 11.0 Å². The van der Waals surface area contributed by atoms with Crippen molar-refractivity contribution in [3.8, 4) is 5.75 Å². The molecular weight excluding hydrogens is 370 g/mol. The Balaban J connectivity index is 1.48. The van der Waals surface area contributed by atoms with Crippen LogP contribution in [0.5, 0.6) is 5.75 Å². The Bertz CT molecular complexity index is 852. The molecule has 29 heavy (non-hydrogen) atoms. The number of benzene rings is 1. The van der Waals surface area contributed by atoms with Crippen molar-refractivity contribution in [3.05, 3.63) is 54.3 Å². The third kappa shape index (κ3) is 3.62. The molecule has 3 aliphatic heterocycles. The Kier molecular flexibility index (Phi) is 5.32. The fourth-order valence-corrected chi connectivity index (χ4v) is 4.44. The molecule has 0 radical (unpaired) electrons. The molecule has 0 bridgehead atoms. The summed E-state index contributed by atoms with van der Waals surface area (Å²) in [4.78, 5) is 28.2. The van der Waals surface area contributed by atoms with Gasteiger partial charge in [0, 0.05) is 25.1 Å². The molecule has 1 aromatic rings. The molecule has 3 heterocycles. The van der Waals surface area contributed by atoms with Crippen LogP contribution in [0.4, 0.5) is 0 Å². The highest BCUT2D eigenvalue weighted by molar-refractivity contribution is 5.99. The Morgan fingerprint density at radius 2 is 2.24 bits per heavy atom. The molecular formula is C22H27N3O4. The summed E-state index contributed by atoms with van der Waals surface area (Å²) in [7, 11) is 0. The van der Waals surface area contributed by atoms with E-state index < -0.39 is 12.3 Å². The van der Waals surface area contributed by atoms with Gasteiger partial charge in [-0.1, -0.05) is 12.7 Å². The number of aliphatic hydroxyl groups excluding tert-OH is 1. The van der Waals surface area contributed by atoms with Crippen LogP contribution >= 0.6 is 0 Å². The molecule has 0 saturated carbocycles. The van der Waals surface area contributed by atoms with E-state index >= 15 is 0 Å². The van der Waals surface area contributed by atoms with E-state index in [1.165, 1.54) is 0 Å². The number of nitrogens with zero attached hydrogens (tertiary/aromatic N) is 2. The van der Waals surface area contributed by atoms with Gasteiger partial charge in [0.05, 0.1) is 12.1 Å². The van der Waals surface area contributed by atoms with Crippen LogP contribution in [0.3, 0.4) is 0 Å². The third-order valence-electron chi connectivity index (χ3n) is 6.00. The van der Waals surface area contributed by atoms with Crippen LogP contribution in [0.25, 0.3) is 0 Å². The Labute approximate surface area is 170 Å². The summed E-state index contributed by atoms with van der Waals surface area (Å²) in [6.07, 6.45) is 6.53. The van der Waals surface area contributed by atoms with Crippen molar-refractivity contribution in [2.45, 2.75) is 57.1 Å². The topological polar surface area (TPSA) is 82.1 Å². The lowest BCUT2D eigenvalue weighted by Crippen LogP contribution is -2.55. The summed E-state index contributed by atoms with van der Waals surface area (Å²) in [5.41, 5.74) is 1.49. The zero-order valence-electron chi connectivity index (χ0n) is 16.6. The minimum absolute atomic E-state index is 0.121. The van der Waals surface area contributed by atoms with Gasteiger partial charge in [0.15, 0.2) is 0 Å². The molecule has 7 heteroatoms. The van der Waals surface area contributed by atoms with Gasteiger partial charge in [-0.15, -0.1) is 0 Å². The minimum atomic E-state index is -1.04. The number of aliphatic hydroxyl groups is 1. The van der Waals surface area contributed by atoms with Crippen LogP contribution < -0.4 is 10.1 Å². The van der Waals surface area contributed by atoms with Gasteiger partial charge in [-0.2, -0.15) is 0 Å². The van der Waals surface area contributed by atoms with Gasteiger partial charge in [0.25, 0.3) is 5.91 Å². The van der Waals surface area contributed by atoms with Gasteiger partial charge in [0.1, 0.15) is 18.1 Å². The lowest BCUT2D eigenvalue weighted by Gasteiger charge is -2.35. The highest BCUT2D eigenvalue weighted by Gasteiger charge is 2.39. The maximum atomic E-state index is 12.8. The first-order chi connectivity index (χ1) is 14.0. The standard InChI is InChI=1S/C22H27N3O4/c1-3-19(17-6-5-11-24(17)4-2)29-15-7-8-16-14(12-15)13-25(22(16)28)18-9-10-20(26)23-21(18)27/h3,5,7-8,11-12,17-19,21,27H,1,4,6,9-10,13H2,2H3,(H,23,26)/t17-,18?,19?,21?/m0/s1. The average Bonchev–Trinajstić information content (AvgIpc) is 3.30. The van der Waals surface area contributed by atoms with Gasteiger partial charge < -0.3 is 25.0 Å². The Morgan fingerprint density at radius 3 is 2.97 bits per heavy atom. The second kappa shape index (κ2) is 7.91. The smallest absolute Gasteiger partial charge is 0.254 e. The monoisotopic (exact) mass is 397 g/mol. The molecule has 1 aromatic carbocycles. The Morgan fingerprint density at radius 1 is 1.41 bits per heavy atom. The number of fused-ring (bicyclic) bond motifs is 1. The normalized spacial score (nSPS) is 27.0. The highest BCUT2D eigenvalue weighted by atomic mass is 16.5.